The van der Waals surface area contributed by atoms with Crippen LogP contribution in [0.4, 0.5) is 11.4 Å². The van der Waals surface area contributed by atoms with Gasteiger partial charge in [0.15, 0.2) is 9.84 Å². The van der Waals surface area contributed by atoms with Gasteiger partial charge in [0.1, 0.15) is 0 Å². The molecule has 0 spiro atoms. The van der Waals surface area contributed by atoms with E-state index in [1.54, 1.807) is 6.07 Å². The molecule has 0 unspecified atom stereocenters. The van der Waals surface area contributed by atoms with Crippen LogP contribution in [-0.2, 0) is 14.6 Å². The molecule has 1 aromatic rings. The Hall–Kier alpha value is -1.87. The lowest BCUT2D eigenvalue weighted by atomic mass is 10.2. The first kappa shape index (κ1) is 16.5. The molecule has 0 radical (unpaired) electrons. The number of nitro groups is 1. The van der Waals surface area contributed by atoms with Crippen LogP contribution in [0.3, 0.4) is 0 Å². The van der Waals surface area contributed by atoms with Crippen molar-refractivity contribution in [3.63, 3.8) is 0 Å². The second-order valence-electron chi connectivity index (χ2n) is 4.93. The molecule has 1 amide bonds. The summed E-state index contributed by atoms with van der Waals surface area (Å²) >= 11 is 5.89. The lowest BCUT2D eigenvalue weighted by Crippen LogP contribution is -2.43. The number of carbonyl (C=O) groups excluding carboxylic acids is 1. The zero-order valence-electron chi connectivity index (χ0n) is 11.4. The van der Waals surface area contributed by atoms with Crippen LogP contribution in [0.2, 0.25) is 0 Å². The number of non-ortho nitro benzene ring substituents is 1. The molecular formula is C12H14ClN3O5S. The number of nitrogens with one attached hydrogen (secondary N) is 2. The Morgan fingerprint density at radius 2 is 2.14 bits per heavy atom. The van der Waals surface area contributed by atoms with Gasteiger partial charge in [-0.15, -0.1) is 11.6 Å². The molecule has 8 nitrogen and oxygen atoms in total. The highest BCUT2D eigenvalue weighted by Crippen LogP contribution is 2.18. The monoisotopic (exact) mass is 347 g/mol. The molecule has 2 rings (SSSR count). The summed E-state index contributed by atoms with van der Waals surface area (Å²) < 4.78 is 22.8. The van der Waals surface area contributed by atoms with Gasteiger partial charge < -0.3 is 10.6 Å². The van der Waals surface area contributed by atoms with Crippen molar-refractivity contribution in [1.82, 2.24) is 5.32 Å². The lowest BCUT2D eigenvalue weighted by molar-refractivity contribution is -0.384. The Morgan fingerprint density at radius 3 is 2.73 bits per heavy atom. The highest BCUT2D eigenvalue weighted by molar-refractivity contribution is 7.91. The van der Waals surface area contributed by atoms with Crippen molar-refractivity contribution in [3.05, 3.63) is 34.4 Å². The van der Waals surface area contributed by atoms with Gasteiger partial charge >= 0.3 is 0 Å². The van der Waals surface area contributed by atoms with Crippen molar-refractivity contribution in [3.8, 4) is 0 Å². The molecule has 1 fully saturated rings. The fraction of sp³-hybridized carbons (Fsp3) is 0.417. The van der Waals surface area contributed by atoms with Crippen molar-refractivity contribution in [2.24, 2.45) is 0 Å². The number of halogens is 1. The van der Waals surface area contributed by atoms with E-state index >= 15 is 0 Å². The number of amides is 1. The number of rotatable bonds is 5. The van der Waals surface area contributed by atoms with E-state index < -0.39 is 32.1 Å². The van der Waals surface area contributed by atoms with Gasteiger partial charge in [-0.1, -0.05) is 6.07 Å². The van der Waals surface area contributed by atoms with Gasteiger partial charge in [-0.3, -0.25) is 14.9 Å². The van der Waals surface area contributed by atoms with Crippen LogP contribution < -0.4 is 10.6 Å². The molecule has 0 saturated carbocycles. The van der Waals surface area contributed by atoms with Gasteiger partial charge in [0.25, 0.3) is 5.69 Å². The molecule has 22 heavy (non-hydrogen) atoms. The molecule has 10 heteroatoms. The SMILES string of the molecule is O=C(CNc1cccc([N+](=O)[O-])c1)N[C@@H]1CS(=O)(=O)C[C@H]1Cl. The average Bonchev–Trinajstić information content (AvgIpc) is 2.69. The van der Waals surface area contributed by atoms with Gasteiger partial charge in [-0.05, 0) is 6.07 Å². The Morgan fingerprint density at radius 1 is 1.41 bits per heavy atom. The number of benzene rings is 1. The molecule has 1 aliphatic rings. The Kier molecular flexibility index (Phi) is 4.87. The highest BCUT2D eigenvalue weighted by Gasteiger charge is 2.37. The van der Waals surface area contributed by atoms with E-state index in [0.717, 1.165) is 0 Å². The van der Waals surface area contributed by atoms with Crippen molar-refractivity contribution < 1.29 is 18.1 Å². The van der Waals surface area contributed by atoms with Gasteiger partial charge in [-0.25, -0.2) is 8.42 Å². The average molecular weight is 348 g/mol. The van der Waals surface area contributed by atoms with Gasteiger partial charge in [-0.2, -0.15) is 0 Å². The van der Waals surface area contributed by atoms with E-state index in [0.29, 0.717) is 5.69 Å². The number of nitrogens with zero attached hydrogens (tertiary/aromatic N) is 1. The first-order valence-corrected chi connectivity index (χ1v) is 8.65. The minimum Gasteiger partial charge on any atom is -0.376 e. The number of anilines is 1. The fourth-order valence-electron chi connectivity index (χ4n) is 2.11. The number of hydrogen-bond acceptors (Lipinski definition) is 6. The Labute approximate surface area is 131 Å². The molecule has 1 aromatic carbocycles. The Bertz CT molecular complexity index is 694. The van der Waals surface area contributed by atoms with Crippen molar-refractivity contribution in [2.75, 3.05) is 23.4 Å². The van der Waals surface area contributed by atoms with Crippen LogP contribution in [0.25, 0.3) is 0 Å². The molecule has 0 aliphatic carbocycles. The summed E-state index contributed by atoms with van der Waals surface area (Å²) in [5.74, 6) is -0.763. The maximum atomic E-state index is 11.8. The summed E-state index contributed by atoms with van der Waals surface area (Å²) in [6, 6.07) is 5.11. The number of hydrogen-bond donors (Lipinski definition) is 2. The van der Waals surface area contributed by atoms with E-state index in [1.165, 1.54) is 18.2 Å². The normalized spacial score (nSPS) is 23.0. The molecule has 2 atom stereocenters. The van der Waals surface area contributed by atoms with Crippen LogP contribution in [0.1, 0.15) is 0 Å². The topological polar surface area (TPSA) is 118 Å². The fourth-order valence-corrected chi connectivity index (χ4v) is 4.66. The third-order valence-corrected chi connectivity index (χ3v) is 5.52. The summed E-state index contributed by atoms with van der Waals surface area (Å²) in [6.45, 7) is -0.138. The summed E-state index contributed by atoms with van der Waals surface area (Å²) in [5.41, 5.74) is 0.332. The van der Waals surface area contributed by atoms with Crippen LogP contribution in [0.15, 0.2) is 24.3 Å². The van der Waals surface area contributed by atoms with E-state index in [-0.39, 0.29) is 23.7 Å². The number of nitro benzene ring substituents is 1. The number of carbonyl (C=O) groups is 1. The molecule has 1 saturated heterocycles. The van der Waals surface area contributed by atoms with E-state index in [2.05, 4.69) is 10.6 Å². The van der Waals surface area contributed by atoms with E-state index in [1.807, 2.05) is 0 Å². The maximum Gasteiger partial charge on any atom is 0.271 e. The molecule has 0 aromatic heterocycles. The molecule has 2 N–H and O–H groups in total. The smallest absolute Gasteiger partial charge is 0.271 e. The summed E-state index contributed by atoms with van der Waals surface area (Å²) in [4.78, 5) is 21.9. The van der Waals surface area contributed by atoms with Crippen LogP contribution in [0.5, 0.6) is 0 Å². The lowest BCUT2D eigenvalue weighted by Gasteiger charge is -2.14. The van der Waals surface area contributed by atoms with E-state index in [9.17, 15) is 23.3 Å². The first-order valence-electron chi connectivity index (χ1n) is 6.39. The number of alkyl halides is 1. The van der Waals surface area contributed by atoms with Gasteiger partial charge in [0.05, 0.1) is 34.4 Å². The minimum atomic E-state index is -3.21. The third kappa shape index (κ3) is 4.31. The second-order valence-corrected chi connectivity index (χ2v) is 7.64. The molecule has 120 valence electrons. The Balaban J connectivity index is 1.88. The number of sulfone groups is 1. The zero-order chi connectivity index (χ0) is 16.3. The quantitative estimate of drug-likeness (QED) is 0.455. The molecular weight excluding hydrogens is 334 g/mol. The maximum absolute atomic E-state index is 11.8. The van der Waals surface area contributed by atoms with Gasteiger partial charge in [0, 0.05) is 17.8 Å². The van der Waals surface area contributed by atoms with E-state index in [4.69, 9.17) is 11.6 Å². The van der Waals surface area contributed by atoms with Crippen molar-refractivity contribution in [2.45, 2.75) is 11.4 Å². The van der Waals surface area contributed by atoms with Crippen molar-refractivity contribution in [1.29, 1.82) is 0 Å². The second kappa shape index (κ2) is 6.49. The van der Waals surface area contributed by atoms with Gasteiger partial charge in [0.2, 0.25) is 5.91 Å². The third-order valence-electron chi connectivity index (χ3n) is 3.14. The summed E-state index contributed by atoms with van der Waals surface area (Å²) in [7, 11) is -3.21. The minimum absolute atomic E-state index is 0.0897. The standard InChI is InChI=1S/C12H14ClN3O5S/c13-10-6-22(20,21)7-11(10)15-12(17)5-14-8-2-1-3-9(4-8)16(18)19/h1-4,10-11,14H,5-7H2,(H,15,17)/t10-,11-/m1/s1. The van der Waals surface area contributed by atoms with Crippen LogP contribution >= 0.6 is 11.6 Å². The molecule has 1 aliphatic heterocycles. The molecule has 0 bridgehead atoms. The first-order chi connectivity index (χ1) is 10.3. The zero-order valence-corrected chi connectivity index (χ0v) is 12.9. The van der Waals surface area contributed by atoms with Crippen molar-refractivity contribution >= 4 is 38.7 Å². The predicted molar refractivity (Wildman–Crippen MR) is 81.8 cm³/mol. The van der Waals surface area contributed by atoms with Crippen LogP contribution in [-0.4, -0.2) is 48.7 Å². The summed E-state index contributed by atoms with van der Waals surface area (Å²) in [5, 5.41) is 15.3. The highest BCUT2D eigenvalue weighted by atomic mass is 35.5. The summed E-state index contributed by atoms with van der Waals surface area (Å²) in [6.07, 6.45) is 0. The molecule has 1 heterocycles. The van der Waals surface area contributed by atoms with Crippen LogP contribution in [0, 0.1) is 10.1 Å². The predicted octanol–water partition coefficient (Wildman–Crippen LogP) is 0.527. The largest absolute Gasteiger partial charge is 0.376 e.